The summed E-state index contributed by atoms with van der Waals surface area (Å²) in [5.41, 5.74) is 0. The van der Waals surface area contributed by atoms with Crippen LogP contribution >= 0.6 is 36.6 Å². The summed E-state index contributed by atoms with van der Waals surface area (Å²) in [5, 5.41) is 3.27. The second kappa shape index (κ2) is 7.93. The van der Waals surface area contributed by atoms with E-state index >= 15 is 0 Å². The molecule has 0 spiro atoms. The topological polar surface area (TPSA) is 35.6 Å². The highest BCUT2D eigenvalue weighted by Gasteiger charge is 2.31. The fourth-order valence-corrected chi connectivity index (χ4v) is 3.52. The molecule has 1 unspecified atom stereocenters. The SMILES string of the molecule is Cl.Cl.O=C(C1CSCN1)N1CCN(CC2CC2)CC1. The van der Waals surface area contributed by atoms with Crippen LogP contribution in [0.4, 0.5) is 0 Å². The van der Waals surface area contributed by atoms with Crippen LogP contribution < -0.4 is 5.32 Å². The number of carbonyl (C=O) groups excluding carboxylic acids is 1. The summed E-state index contributed by atoms with van der Waals surface area (Å²) >= 11 is 1.82. The van der Waals surface area contributed by atoms with E-state index in [1.54, 1.807) is 0 Å². The van der Waals surface area contributed by atoms with Crippen molar-refractivity contribution in [2.24, 2.45) is 5.92 Å². The van der Waals surface area contributed by atoms with Gasteiger partial charge in [0, 0.05) is 44.4 Å². The standard InChI is InChI=1S/C12H21N3OS.2ClH/c16-12(11-8-17-9-13-11)15-5-3-14(4-6-15)7-10-1-2-10;;/h10-11,13H,1-9H2;2*1H. The highest BCUT2D eigenvalue weighted by Crippen LogP contribution is 2.29. The summed E-state index contributed by atoms with van der Waals surface area (Å²) in [4.78, 5) is 16.7. The Hall–Kier alpha value is 0.320. The van der Waals surface area contributed by atoms with Crippen LogP contribution in [0.5, 0.6) is 0 Å². The lowest BCUT2D eigenvalue weighted by atomic mass is 10.2. The van der Waals surface area contributed by atoms with Gasteiger partial charge in [-0.3, -0.25) is 15.0 Å². The van der Waals surface area contributed by atoms with Crippen LogP contribution in [0.15, 0.2) is 0 Å². The van der Waals surface area contributed by atoms with E-state index in [1.807, 2.05) is 16.7 Å². The van der Waals surface area contributed by atoms with Crippen molar-refractivity contribution < 1.29 is 4.79 Å². The zero-order valence-electron chi connectivity index (χ0n) is 11.0. The molecular weight excluding hydrogens is 305 g/mol. The van der Waals surface area contributed by atoms with Crippen molar-refractivity contribution in [2.75, 3.05) is 44.4 Å². The minimum atomic E-state index is 0. The maximum absolute atomic E-state index is 12.2. The molecular formula is C12H23Cl2N3OS. The highest BCUT2D eigenvalue weighted by molar-refractivity contribution is 7.99. The molecule has 0 bridgehead atoms. The fraction of sp³-hybridized carbons (Fsp3) is 0.917. The molecule has 2 saturated heterocycles. The molecule has 1 aliphatic carbocycles. The van der Waals surface area contributed by atoms with E-state index in [-0.39, 0.29) is 30.9 Å². The molecule has 1 N–H and O–H groups in total. The molecule has 112 valence electrons. The number of nitrogens with zero attached hydrogens (tertiary/aromatic N) is 2. The quantitative estimate of drug-likeness (QED) is 0.840. The van der Waals surface area contributed by atoms with E-state index in [0.717, 1.165) is 43.7 Å². The van der Waals surface area contributed by atoms with Gasteiger partial charge in [-0.05, 0) is 18.8 Å². The predicted octanol–water partition coefficient (Wildman–Crippen LogP) is 1.05. The monoisotopic (exact) mass is 327 g/mol. The third-order valence-corrected chi connectivity index (χ3v) is 4.85. The summed E-state index contributed by atoms with van der Waals surface area (Å²) in [6.07, 6.45) is 2.84. The molecule has 0 aromatic rings. The van der Waals surface area contributed by atoms with Gasteiger partial charge in [-0.25, -0.2) is 0 Å². The maximum Gasteiger partial charge on any atom is 0.240 e. The average molecular weight is 328 g/mol. The molecule has 0 radical (unpaired) electrons. The van der Waals surface area contributed by atoms with E-state index in [0.29, 0.717) is 5.91 Å². The predicted molar refractivity (Wildman–Crippen MR) is 84.5 cm³/mol. The number of hydrogen-bond acceptors (Lipinski definition) is 4. The summed E-state index contributed by atoms with van der Waals surface area (Å²) in [6.45, 7) is 5.26. The van der Waals surface area contributed by atoms with Gasteiger partial charge in [-0.1, -0.05) is 0 Å². The normalized spacial score (nSPS) is 27.6. The Morgan fingerprint density at radius 2 is 1.84 bits per heavy atom. The molecule has 2 heterocycles. The summed E-state index contributed by atoms with van der Waals surface area (Å²) in [5.74, 6) is 3.16. The van der Waals surface area contributed by atoms with Crippen LogP contribution in [0, 0.1) is 5.92 Å². The lowest BCUT2D eigenvalue weighted by Gasteiger charge is -2.35. The smallest absolute Gasteiger partial charge is 0.240 e. The number of piperazine rings is 1. The van der Waals surface area contributed by atoms with Gasteiger partial charge < -0.3 is 4.90 Å². The van der Waals surface area contributed by atoms with E-state index in [9.17, 15) is 4.79 Å². The molecule has 4 nitrogen and oxygen atoms in total. The van der Waals surface area contributed by atoms with Crippen LogP contribution in [0.1, 0.15) is 12.8 Å². The first-order valence-electron chi connectivity index (χ1n) is 6.65. The van der Waals surface area contributed by atoms with E-state index in [2.05, 4.69) is 10.2 Å². The first-order chi connectivity index (χ1) is 8.33. The third kappa shape index (κ3) is 4.67. The van der Waals surface area contributed by atoms with Gasteiger partial charge in [0.2, 0.25) is 5.91 Å². The van der Waals surface area contributed by atoms with Crippen LogP contribution in [-0.4, -0.2) is 66.1 Å². The minimum Gasteiger partial charge on any atom is -0.339 e. The molecule has 2 aliphatic heterocycles. The Morgan fingerprint density at radius 1 is 1.16 bits per heavy atom. The molecule has 3 aliphatic rings. The Labute approximate surface area is 131 Å². The maximum atomic E-state index is 12.2. The Bertz CT molecular complexity index is 291. The molecule has 3 rings (SSSR count). The minimum absolute atomic E-state index is 0. The number of hydrogen-bond donors (Lipinski definition) is 1. The zero-order valence-corrected chi connectivity index (χ0v) is 13.5. The molecule has 1 saturated carbocycles. The molecule has 0 aromatic heterocycles. The van der Waals surface area contributed by atoms with Crippen molar-refractivity contribution in [3.05, 3.63) is 0 Å². The molecule has 1 atom stereocenters. The molecule has 19 heavy (non-hydrogen) atoms. The number of nitrogens with one attached hydrogen (secondary N) is 1. The zero-order chi connectivity index (χ0) is 11.7. The van der Waals surface area contributed by atoms with Crippen molar-refractivity contribution in [3.8, 4) is 0 Å². The summed E-state index contributed by atoms with van der Waals surface area (Å²) in [6, 6.07) is 0.0787. The van der Waals surface area contributed by atoms with Crippen molar-refractivity contribution in [1.82, 2.24) is 15.1 Å². The number of amides is 1. The molecule has 3 fully saturated rings. The van der Waals surface area contributed by atoms with Gasteiger partial charge in [-0.15, -0.1) is 36.6 Å². The summed E-state index contributed by atoms with van der Waals surface area (Å²) in [7, 11) is 0. The van der Waals surface area contributed by atoms with Crippen molar-refractivity contribution >= 4 is 42.5 Å². The first-order valence-corrected chi connectivity index (χ1v) is 7.80. The van der Waals surface area contributed by atoms with Crippen molar-refractivity contribution in [2.45, 2.75) is 18.9 Å². The van der Waals surface area contributed by atoms with Gasteiger partial charge in [0.25, 0.3) is 0 Å². The van der Waals surface area contributed by atoms with Gasteiger partial charge in [0.1, 0.15) is 0 Å². The van der Waals surface area contributed by atoms with Gasteiger partial charge in [0.15, 0.2) is 0 Å². The first kappa shape index (κ1) is 17.4. The van der Waals surface area contributed by atoms with Crippen LogP contribution in [0.3, 0.4) is 0 Å². The Kier molecular flexibility index (Phi) is 7.25. The lowest BCUT2D eigenvalue weighted by Crippen LogP contribution is -2.53. The number of carbonyl (C=O) groups is 1. The van der Waals surface area contributed by atoms with Crippen LogP contribution in [0.2, 0.25) is 0 Å². The molecule has 0 aromatic carbocycles. The Morgan fingerprint density at radius 3 is 2.37 bits per heavy atom. The second-order valence-corrected chi connectivity index (χ2v) is 6.37. The number of rotatable bonds is 3. The van der Waals surface area contributed by atoms with Crippen molar-refractivity contribution in [3.63, 3.8) is 0 Å². The van der Waals surface area contributed by atoms with Crippen LogP contribution in [0.25, 0.3) is 0 Å². The number of thioether (sulfide) groups is 1. The van der Waals surface area contributed by atoms with Crippen LogP contribution in [-0.2, 0) is 4.79 Å². The largest absolute Gasteiger partial charge is 0.339 e. The average Bonchev–Trinajstić information content (AvgIpc) is 3.00. The highest BCUT2D eigenvalue weighted by atomic mass is 35.5. The molecule has 7 heteroatoms. The van der Waals surface area contributed by atoms with E-state index in [1.165, 1.54) is 19.4 Å². The lowest BCUT2D eigenvalue weighted by molar-refractivity contribution is -0.134. The third-order valence-electron chi connectivity index (χ3n) is 3.91. The second-order valence-electron chi connectivity index (χ2n) is 5.34. The van der Waals surface area contributed by atoms with Gasteiger partial charge in [0.05, 0.1) is 6.04 Å². The molecule has 1 amide bonds. The summed E-state index contributed by atoms with van der Waals surface area (Å²) < 4.78 is 0. The van der Waals surface area contributed by atoms with Gasteiger partial charge in [-0.2, -0.15) is 0 Å². The van der Waals surface area contributed by atoms with Crippen molar-refractivity contribution in [1.29, 1.82) is 0 Å². The van der Waals surface area contributed by atoms with Gasteiger partial charge >= 0.3 is 0 Å². The Balaban J connectivity index is 0.000000902. The number of halogens is 2. The fourth-order valence-electron chi connectivity index (χ4n) is 2.59. The van der Waals surface area contributed by atoms with E-state index in [4.69, 9.17) is 0 Å². The van der Waals surface area contributed by atoms with E-state index < -0.39 is 0 Å².